The second kappa shape index (κ2) is 6.83. The molecule has 1 heterocycles. The van der Waals surface area contributed by atoms with Crippen LogP contribution in [-0.2, 0) is 6.18 Å². The quantitative estimate of drug-likeness (QED) is 0.647. The topological polar surface area (TPSA) is 94.4 Å². The molecule has 0 aliphatic heterocycles. The molecule has 11 heteroatoms. The van der Waals surface area contributed by atoms with E-state index in [2.05, 4.69) is 10.3 Å². The molecule has 0 bridgehead atoms. The third-order valence-corrected chi connectivity index (χ3v) is 3.49. The number of alkyl halides is 3. The number of ether oxygens (including phenoxy) is 1. The summed E-state index contributed by atoms with van der Waals surface area (Å²) in [6.07, 6.45) is -4.61. The Hall–Kier alpha value is -2.69. The van der Waals surface area contributed by atoms with E-state index in [0.29, 0.717) is 11.3 Å². The van der Waals surface area contributed by atoms with Crippen molar-refractivity contribution < 1.29 is 27.6 Å². The summed E-state index contributed by atoms with van der Waals surface area (Å²) < 4.78 is 42.5. The normalized spacial score (nSPS) is 11.2. The number of amides is 1. The molecule has 128 valence electrons. The molecular weight excluding hydrogens is 351 g/mol. The van der Waals surface area contributed by atoms with Gasteiger partial charge in [-0.05, 0) is 19.1 Å². The maximum Gasteiger partial charge on any atom is 0.434 e. The number of nitro groups is 1. The van der Waals surface area contributed by atoms with E-state index in [1.165, 1.54) is 12.1 Å². The molecule has 0 aliphatic rings. The van der Waals surface area contributed by atoms with Gasteiger partial charge in [0, 0.05) is 17.0 Å². The first kappa shape index (κ1) is 17.7. The Bertz CT molecular complexity index is 776. The van der Waals surface area contributed by atoms with Gasteiger partial charge in [-0.3, -0.25) is 20.2 Å². The number of rotatable bonds is 5. The van der Waals surface area contributed by atoms with Crippen LogP contribution < -0.4 is 10.1 Å². The summed E-state index contributed by atoms with van der Waals surface area (Å²) in [6.45, 7) is 1.84. The number of hydrogen-bond donors (Lipinski definition) is 1. The van der Waals surface area contributed by atoms with Gasteiger partial charge in [-0.25, -0.2) is 4.98 Å². The minimum atomic E-state index is -4.61. The van der Waals surface area contributed by atoms with Crippen LogP contribution in [0.4, 0.5) is 24.0 Å². The molecule has 0 saturated heterocycles. The van der Waals surface area contributed by atoms with E-state index in [0.717, 1.165) is 11.4 Å². The van der Waals surface area contributed by atoms with E-state index in [4.69, 9.17) is 4.74 Å². The van der Waals surface area contributed by atoms with Crippen molar-refractivity contribution in [3.63, 3.8) is 0 Å². The maximum absolute atomic E-state index is 12.5. The molecular formula is C13H10F3N3O4S. The Morgan fingerprint density at radius 3 is 2.71 bits per heavy atom. The number of thiazole rings is 1. The number of carbonyl (C=O) groups excluding carboxylic acids is 1. The number of nitrogens with one attached hydrogen (secondary N) is 1. The van der Waals surface area contributed by atoms with E-state index in [-0.39, 0.29) is 23.1 Å². The number of nitrogens with zero attached hydrogens (tertiary/aromatic N) is 2. The molecule has 2 aromatic rings. The van der Waals surface area contributed by atoms with Crippen molar-refractivity contribution in [3.8, 4) is 5.75 Å². The van der Waals surface area contributed by atoms with Crippen molar-refractivity contribution in [1.29, 1.82) is 0 Å². The Morgan fingerprint density at radius 1 is 1.46 bits per heavy atom. The first-order valence-electron chi connectivity index (χ1n) is 6.47. The van der Waals surface area contributed by atoms with Crippen molar-refractivity contribution >= 4 is 28.1 Å². The lowest BCUT2D eigenvalue weighted by molar-refractivity contribution is -0.385. The van der Waals surface area contributed by atoms with Crippen LogP contribution in [0.2, 0.25) is 0 Å². The summed E-state index contributed by atoms with van der Waals surface area (Å²) in [5, 5.41) is 13.7. The zero-order valence-electron chi connectivity index (χ0n) is 12.1. The Labute approximate surface area is 137 Å². The summed E-state index contributed by atoms with van der Waals surface area (Å²) in [4.78, 5) is 25.6. The molecule has 0 atom stereocenters. The van der Waals surface area contributed by atoms with Gasteiger partial charge in [0.25, 0.3) is 5.91 Å². The molecule has 0 spiro atoms. The summed E-state index contributed by atoms with van der Waals surface area (Å²) in [5.41, 5.74) is -1.64. The lowest BCUT2D eigenvalue weighted by atomic mass is 10.2. The molecule has 0 saturated carbocycles. The lowest BCUT2D eigenvalue weighted by Crippen LogP contribution is -2.13. The molecule has 0 unspecified atom stereocenters. The maximum atomic E-state index is 12.5. The largest absolute Gasteiger partial charge is 0.487 e. The average Bonchev–Trinajstić information content (AvgIpc) is 2.96. The van der Waals surface area contributed by atoms with Crippen LogP contribution in [0.15, 0.2) is 23.6 Å². The number of benzene rings is 1. The fourth-order valence-electron chi connectivity index (χ4n) is 1.71. The highest BCUT2D eigenvalue weighted by Crippen LogP contribution is 2.32. The number of carbonyl (C=O) groups is 1. The van der Waals surface area contributed by atoms with Crippen molar-refractivity contribution in [1.82, 2.24) is 4.98 Å². The van der Waals surface area contributed by atoms with Crippen LogP contribution in [0.3, 0.4) is 0 Å². The summed E-state index contributed by atoms with van der Waals surface area (Å²) in [6, 6.07) is 3.50. The predicted molar refractivity (Wildman–Crippen MR) is 79.3 cm³/mol. The number of nitro benzene ring substituents is 1. The van der Waals surface area contributed by atoms with Crippen molar-refractivity contribution in [2.24, 2.45) is 0 Å². The molecule has 0 radical (unpaired) electrons. The molecule has 1 aromatic heterocycles. The monoisotopic (exact) mass is 361 g/mol. The standard InChI is InChI=1S/C13H10F3N3O4S/c1-2-23-9-4-3-7(5-8(9)19(21)22)11(20)18-12-17-10(6-24-12)13(14,15)16/h3-6H,2H2,1H3,(H,17,18,20). The van der Waals surface area contributed by atoms with Crippen LogP contribution in [0, 0.1) is 10.1 Å². The highest BCUT2D eigenvalue weighted by atomic mass is 32.1. The lowest BCUT2D eigenvalue weighted by Gasteiger charge is -2.06. The van der Waals surface area contributed by atoms with Crippen molar-refractivity contribution in [3.05, 3.63) is 45.0 Å². The van der Waals surface area contributed by atoms with E-state index in [1.54, 1.807) is 6.92 Å². The van der Waals surface area contributed by atoms with Gasteiger partial charge in [0.05, 0.1) is 11.5 Å². The van der Waals surface area contributed by atoms with E-state index < -0.39 is 28.4 Å². The first-order valence-corrected chi connectivity index (χ1v) is 7.35. The van der Waals surface area contributed by atoms with Crippen LogP contribution in [0.1, 0.15) is 23.0 Å². The number of aromatic nitrogens is 1. The zero-order valence-corrected chi connectivity index (χ0v) is 12.9. The second-order valence-corrected chi connectivity index (χ2v) is 5.22. The Kier molecular flexibility index (Phi) is 5.02. The SMILES string of the molecule is CCOc1ccc(C(=O)Nc2nc(C(F)(F)F)cs2)cc1[N+](=O)[O-]. The third-order valence-electron chi connectivity index (χ3n) is 2.73. The first-order chi connectivity index (χ1) is 11.2. The van der Waals surface area contributed by atoms with Crippen LogP contribution in [-0.4, -0.2) is 22.4 Å². The molecule has 0 aliphatic carbocycles. The smallest absolute Gasteiger partial charge is 0.434 e. The molecule has 2 rings (SSSR count). The van der Waals surface area contributed by atoms with Crippen molar-refractivity contribution in [2.45, 2.75) is 13.1 Å². The number of halogens is 3. The molecule has 1 aromatic carbocycles. The fraction of sp³-hybridized carbons (Fsp3) is 0.231. The van der Waals surface area contributed by atoms with Gasteiger partial charge in [0.1, 0.15) is 0 Å². The highest BCUT2D eigenvalue weighted by molar-refractivity contribution is 7.14. The molecule has 0 fully saturated rings. The van der Waals surface area contributed by atoms with Gasteiger partial charge < -0.3 is 4.74 Å². The van der Waals surface area contributed by atoms with Gasteiger partial charge >= 0.3 is 11.9 Å². The van der Waals surface area contributed by atoms with Gasteiger partial charge in [-0.2, -0.15) is 13.2 Å². The fourth-order valence-corrected chi connectivity index (χ4v) is 2.42. The number of hydrogen-bond acceptors (Lipinski definition) is 6. The molecule has 1 N–H and O–H groups in total. The molecule has 1 amide bonds. The summed E-state index contributed by atoms with van der Waals surface area (Å²) in [7, 11) is 0. The van der Waals surface area contributed by atoms with Gasteiger partial charge in [0.2, 0.25) is 0 Å². The van der Waals surface area contributed by atoms with Gasteiger partial charge in [0.15, 0.2) is 16.6 Å². The van der Waals surface area contributed by atoms with E-state index >= 15 is 0 Å². The van der Waals surface area contributed by atoms with Gasteiger partial charge in [-0.1, -0.05) is 0 Å². The number of anilines is 1. The summed E-state index contributed by atoms with van der Waals surface area (Å²) >= 11 is 0.600. The zero-order chi connectivity index (χ0) is 17.9. The Morgan fingerprint density at radius 2 is 2.17 bits per heavy atom. The second-order valence-electron chi connectivity index (χ2n) is 4.36. The van der Waals surface area contributed by atoms with E-state index in [1.807, 2.05) is 0 Å². The molecule has 7 nitrogen and oxygen atoms in total. The summed E-state index contributed by atoms with van der Waals surface area (Å²) in [5.74, 6) is -0.822. The van der Waals surface area contributed by atoms with Crippen molar-refractivity contribution in [2.75, 3.05) is 11.9 Å². The minimum absolute atomic E-state index is 0.00680. The van der Waals surface area contributed by atoms with E-state index in [9.17, 15) is 28.1 Å². The predicted octanol–water partition coefficient (Wildman–Crippen LogP) is 3.72. The van der Waals surface area contributed by atoms with Crippen LogP contribution in [0.5, 0.6) is 5.75 Å². The Balaban J connectivity index is 2.22. The third kappa shape index (κ3) is 3.98. The average molecular weight is 361 g/mol. The highest BCUT2D eigenvalue weighted by Gasteiger charge is 2.34. The molecule has 24 heavy (non-hydrogen) atoms. The van der Waals surface area contributed by atoms with Crippen LogP contribution in [0.25, 0.3) is 0 Å². The van der Waals surface area contributed by atoms with Crippen LogP contribution >= 0.6 is 11.3 Å². The minimum Gasteiger partial charge on any atom is -0.487 e. The van der Waals surface area contributed by atoms with Gasteiger partial charge in [-0.15, -0.1) is 11.3 Å².